The first-order valence-corrected chi connectivity index (χ1v) is 6.44. The van der Waals surface area contributed by atoms with E-state index in [4.69, 9.17) is 9.47 Å². The summed E-state index contributed by atoms with van der Waals surface area (Å²) in [6.07, 6.45) is 0. The van der Waals surface area contributed by atoms with Gasteiger partial charge in [-0.15, -0.1) is 0 Å². The molecule has 1 saturated heterocycles. The van der Waals surface area contributed by atoms with Crippen LogP contribution in [0.15, 0.2) is 18.2 Å². The Labute approximate surface area is 115 Å². The number of hydrogen-bond acceptors (Lipinski definition) is 4. The number of amides is 1. The highest BCUT2D eigenvalue weighted by molar-refractivity contribution is 5.78. The molecule has 2 heterocycles. The second-order valence-corrected chi connectivity index (χ2v) is 5.09. The van der Waals surface area contributed by atoms with Crippen LogP contribution in [0.3, 0.4) is 0 Å². The predicted molar refractivity (Wildman–Crippen MR) is 68.7 cm³/mol. The third-order valence-electron chi connectivity index (χ3n) is 3.91. The number of rotatable bonds is 2. The third-order valence-corrected chi connectivity index (χ3v) is 3.91. The summed E-state index contributed by atoms with van der Waals surface area (Å²) in [5, 5.41) is 9.34. The van der Waals surface area contributed by atoms with Gasteiger partial charge in [0, 0.05) is 25.9 Å². The van der Waals surface area contributed by atoms with Crippen LogP contribution in [0.2, 0.25) is 0 Å². The van der Waals surface area contributed by atoms with Gasteiger partial charge in [-0.1, -0.05) is 6.07 Å². The second-order valence-electron chi connectivity index (χ2n) is 5.09. The number of ether oxygens (including phenoxy) is 2. The van der Waals surface area contributed by atoms with Crippen molar-refractivity contribution < 1.29 is 24.2 Å². The highest BCUT2D eigenvalue weighted by Gasteiger charge is 2.40. The molecule has 1 aromatic rings. The summed E-state index contributed by atoms with van der Waals surface area (Å²) in [7, 11) is 0. The molecule has 0 aliphatic carbocycles. The molecule has 6 heteroatoms. The molecule has 1 aromatic carbocycles. The largest absolute Gasteiger partial charge is 0.481 e. The Morgan fingerprint density at radius 3 is 2.70 bits per heavy atom. The molecule has 20 heavy (non-hydrogen) atoms. The first-order chi connectivity index (χ1) is 9.56. The quantitative estimate of drug-likeness (QED) is 0.874. The fraction of sp³-hybridized carbons (Fsp3) is 0.429. The summed E-state index contributed by atoms with van der Waals surface area (Å²) in [5.74, 6) is -0.476. The summed E-state index contributed by atoms with van der Waals surface area (Å²) in [4.78, 5) is 24.4. The zero-order valence-corrected chi connectivity index (χ0v) is 11.0. The van der Waals surface area contributed by atoms with E-state index < -0.39 is 11.9 Å². The standard InChI is InChI=1S/C14H15NO5/c1-8(16)15-5-10(11(6-15)14(17)18)9-2-3-12-13(4-9)20-7-19-12/h2-4,10-11H,5-7H2,1H3,(H,17,18)/t10-,11+/m0/s1. The highest BCUT2D eigenvalue weighted by Crippen LogP contribution is 2.39. The third kappa shape index (κ3) is 2.07. The fourth-order valence-electron chi connectivity index (χ4n) is 2.79. The Balaban J connectivity index is 1.91. The van der Waals surface area contributed by atoms with Crippen LogP contribution >= 0.6 is 0 Å². The molecule has 2 aliphatic heterocycles. The van der Waals surface area contributed by atoms with E-state index in [9.17, 15) is 14.7 Å². The Hall–Kier alpha value is -2.24. The van der Waals surface area contributed by atoms with Crippen molar-refractivity contribution in [2.24, 2.45) is 5.92 Å². The summed E-state index contributed by atoms with van der Waals surface area (Å²) in [6.45, 7) is 2.32. The molecule has 3 rings (SSSR count). The number of fused-ring (bicyclic) bond motifs is 1. The van der Waals surface area contributed by atoms with Gasteiger partial charge < -0.3 is 19.5 Å². The molecule has 0 bridgehead atoms. The lowest BCUT2D eigenvalue weighted by Gasteiger charge is -2.15. The number of likely N-dealkylation sites (tertiary alicyclic amines) is 1. The summed E-state index contributed by atoms with van der Waals surface area (Å²) < 4.78 is 10.6. The maximum atomic E-state index is 11.5. The Kier molecular flexibility index (Phi) is 3.00. The smallest absolute Gasteiger partial charge is 0.308 e. The van der Waals surface area contributed by atoms with Crippen molar-refractivity contribution in [3.05, 3.63) is 23.8 Å². The van der Waals surface area contributed by atoms with Crippen LogP contribution in [-0.4, -0.2) is 41.8 Å². The van der Waals surface area contributed by atoms with Crippen molar-refractivity contribution in [2.75, 3.05) is 19.9 Å². The average Bonchev–Trinajstić information content (AvgIpc) is 3.04. The Morgan fingerprint density at radius 1 is 1.25 bits per heavy atom. The first-order valence-electron chi connectivity index (χ1n) is 6.44. The van der Waals surface area contributed by atoms with E-state index in [1.807, 2.05) is 12.1 Å². The van der Waals surface area contributed by atoms with Crippen LogP contribution in [0.5, 0.6) is 11.5 Å². The molecular weight excluding hydrogens is 262 g/mol. The second kappa shape index (κ2) is 4.70. The molecule has 1 fully saturated rings. The van der Waals surface area contributed by atoms with Crippen molar-refractivity contribution in [3.8, 4) is 11.5 Å². The molecule has 0 aromatic heterocycles. The van der Waals surface area contributed by atoms with E-state index in [1.54, 1.807) is 11.0 Å². The fourth-order valence-corrected chi connectivity index (χ4v) is 2.79. The van der Waals surface area contributed by atoms with Crippen molar-refractivity contribution >= 4 is 11.9 Å². The van der Waals surface area contributed by atoms with Crippen LogP contribution in [0, 0.1) is 5.92 Å². The molecule has 0 spiro atoms. The van der Waals surface area contributed by atoms with Crippen LogP contribution in [-0.2, 0) is 9.59 Å². The lowest BCUT2D eigenvalue weighted by Crippen LogP contribution is -2.27. The summed E-state index contributed by atoms with van der Waals surface area (Å²) in [5.41, 5.74) is 0.866. The molecule has 106 valence electrons. The van der Waals surface area contributed by atoms with Gasteiger partial charge in [-0.3, -0.25) is 9.59 Å². The SMILES string of the molecule is CC(=O)N1C[C@@H](C(=O)O)[C@H](c2ccc3c(c2)OCO3)C1. The molecule has 6 nitrogen and oxygen atoms in total. The minimum Gasteiger partial charge on any atom is -0.481 e. The molecule has 0 unspecified atom stereocenters. The lowest BCUT2D eigenvalue weighted by atomic mass is 9.89. The zero-order valence-electron chi connectivity index (χ0n) is 11.0. The normalized spacial score (nSPS) is 23.9. The van der Waals surface area contributed by atoms with Gasteiger partial charge in [-0.05, 0) is 17.7 Å². The van der Waals surface area contributed by atoms with Crippen molar-refractivity contribution in [3.63, 3.8) is 0 Å². The number of nitrogens with zero attached hydrogens (tertiary/aromatic N) is 1. The molecule has 1 N–H and O–H groups in total. The van der Waals surface area contributed by atoms with Gasteiger partial charge in [0.1, 0.15) is 0 Å². The van der Waals surface area contributed by atoms with E-state index in [0.717, 1.165) is 5.56 Å². The van der Waals surface area contributed by atoms with E-state index in [1.165, 1.54) is 6.92 Å². The van der Waals surface area contributed by atoms with Crippen LogP contribution in [0.4, 0.5) is 0 Å². The van der Waals surface area contributed by atoms with E-state index in [0.29, 0.717) is 18.0 Å². The van der Waals surface area contributed by atoms with Crippen LogP contribution in [0.25, 0.3) is 0 Å². The van der Waals surface area contributed by atoms with Gasteiger partial charge in [0.2, 0.25) is 12.7 Å². The number of carbonyl (C=O) groups excluding carboxylic acids is 1. The van der Waals surface area contributed by atoms with Gasteiger partial charge in [-0.2, -0.15) is 0 Å². The monoisotopic (exact) mass is 277 g/mol. The van der Waals surface area contributed by atoms with Crippen LogP contribution < -0.4 is 9.47 Å². The minimum absolute atomic E-state index is 0.0977. The number of hydrogen-bond donors (Lipinski definition) is 1. The van der Waals surface area contributed by atoms with Gasteiger partial charge in [0.15, 0.2) is 11.5 Å². The Bertz CT molecular complexity index is 571. The summed E-state index contributed by atoms with van der Waals surface area (Å²) in [6, 6.07) is 5.44. The molecule has 2 atom stereocenters. The average molecular weight is 277 g/mol. The number of benzene rings is 1. The number of aliphatic carboxylic acids is 1. The van der Waals surface area contributed by atoms with Gasteiger partial charge in [-0.25, -0.2) is 0 Å². The van der Waals surface area contributed by atoms with Crippen molar-refractivity contribution in [1.82, 2.24) is 4.90 Å². The topological polar surface area (TPSA) is 76.1 Å². The molecule has 0 radical (unpaired) electrons. The first kappa shape index (κ1) is 12.8. The molecular formula is C14H15NO5. The number of carboxylic acids is 1. The molecule has 2 aliphatic rings. The highest BCUT2D eigenvalue weighted by atomic mass is 16.7. The van der Waals surface area contributed by atoms with Gasteiger partial charge >= 0.3 is 5.97 Å². The van der Waals surface area contributed by atoms with Crippen LogP contribution in [0.1, 0.15) is 18.4 Å². The minimum atomic E-state index is -0.878. The number of carboxylic acid groups (broad SMARTS) is 1. The Morgan fingerprint density at radius 2 is 2.00 bits per heavy atom. The van der Waals surface area contributed by atoms with Gasteiger partial charge in [0.05, 0.1) is 5.92 Å². The maximum absolute atomic E-state index is 11.5. The predicted octanol–water partition coefficient (Wildman–Crippen LogP) is 1.06. The number of carbonyl (C=O) groups is 2. The van der Waals surface area contributed by atoms with Crippen molar-refractivity contribution in [2.45, 2.75) is 12.8 Å². The molecule has 1 amide bonds. The maximum Gasteiger partial charge on any atom is 0.308 e. The molecule has 0 saturated carbocycles. The van der Waals surface area contributed by atoms with Gasteiger partial charge in [0.25, 0.3) is 0 Å². The van der Waals surface area contributed by atoms with Crippen molar-refractivity contribution in [1.29, 1.82) is 0 Å². The summed E-state index contributed by atoms with van der Waals surface area (Å²) >= 11 is 0. The van der Waals surface area contributed by atoms with E-state index >= 15 is 0 Å². The van der Waals surface area contributed by atoms with E-state index in [-0.39, 0.29) is 25.2 Å². The zero-order chi connectivity index (χ0) is 14.3. The van der Waals surface area contributed by atoms with E-state index in [2.05, 4.69) is 0 Å². The lowest BCUT2D eigenvalue weighted by molar-refractivity contribution is -0.141.